The molecule has 3 rings (SSSR count). The smallest absolute Gasteiger partial charge is 0.262 e. The Morgan fingerprint density at radius 3 is 2.47 bits per heavy atom. The highest BCUT2D eigenvalue weighted by atomic mass is 32.2. The fourth-order valence-corrected chi connectivity index (χ4v) is 4.07. The van der Waals surface area contributed by atoms with Gasteiger partial charge in [-0.25, -0.2) is 4.98 Å². The second kappa shape index (κ2) is 11.0. The summed E-state index contributed by atoms with van der Waals surface area (Å²) in [6, 6.07) is 12.4. The zero-order valence-corrected chi connectivity index (χ0v) is 19.4. The van der Waals surface area contributed by atoms with Gasteiger partial charge in [0.25, 0.3) is 5.56 Å². The number of fused-ring (bicyclic) bond motifs is 1. The molecule has 1 atom stereocenters. The molecule has 0 unspecified atom stereocenters. The van der Waals surface area contributed by atoms with Crippen LogP contribution in [0.15, 0.2) is 52.4 Å². The molecular formula is C23H27N3O5S. The molecule has 32 heavy (non-hydrogen) atoms. The van der Waals surface area contributed by atoms with Gasteiger partial charge in [-0.2, -0.15) is 0 Å². The van der Waals surface area contributed by atoms with Gasteiger partial charge < -0.3 is 19.5 Å². The van der Waals surface area contributed by atoms with Crippen molar-refractivity contribution in [2.75, 3.05) is 33.3 Å². The van der Waals surface area contributed by atoms with Crippen molar-refractivity contribution in [2.24, 2.45) is 0 Å². The summed E-state index contributed by atoms with van der Waals surface area (Å²) in [6.45, 7) is 2.75. The zero-order valence-electron chi connectivity index (χ0n) is 18.6. The average molecular weight is 458 g/mol. The number of nitrogens with zero attached hydrogens (tertiary/aromatic N) is 2. The normalized spacial score (nSPS) is 11.9. The van der Waals surface area contributed by atoms with Crippen LogP contribution in [0.25, 0.3) is 10.9 Å². The number of methoxy groups -OCH3 is 3. The Morgan fingerprint density at radius 1 is 1.12 bits per heavy atom. The van der Waals surface area contributed by atoms with Crippen LogP contribution in [-0.2, 0) is 16.1 Å². The summed E-state index contributed by atoms with van der Waals surface area (Å²) in [7, 11) is 4.72. The van der Waals surface area contributed by atoms with Gasteiger partial charge in [0.15, 0.2) is 5.16 Å². The molecule has 0 saturated heterocycles. The van der Waals surface area contributed by atoms with E-state index in [1.54, 1.807) is 63.2 Å². The minimum Gasteiger partial charge on any atom is -0.497 e. The largest absolute Gasteiger partial charge is 0.497 e. The monoisotopic (exact) mass is 457 g/mol. The third-order valence-corrected chi connectivity index (χ3v) is 5.92. The third kappa shape index (κ3) is 5.60. The van der Waals surface area contributed by atoms with Crippen molar-refractivity contribution in [3.63, 3.8) is 0 Å². The van der Waals surface area contributed by atoms with E-state index in [2.05, 4.69) is 10.3 Å². The number of hydrogen-bond acceptors (Lipinski definition) is 7. The van der Waals surface area contributed by atoms with Crippen LogP contribution >= 0.6 is 11.8 Å². The van der Waals surface area contributed by atoms with E-state index in [4.69, 9.17) is 14.2 Å². The number of rotatable bonds is 10. The molecule has 0 fully saturated rings. The van der Waals surface area contributed by atoms with E-state index in [0.29, 0.717) is 52.8 Å². The van der Waals surface area contributed by atoms with Gasteiger partial charge in [0.2, 0.25) is 5.91 Å². The molecule has 0 radical (unpaired) electrons. The van der Waals surface area contributed by atoms with E-state index >= 15 is 0 Å². The lowest BCUT2D eigenvalue weighted by Gasteiger charge is -2.17. The standard InChI is InChI=1S/C23H27N3O5S/c1-15(21(27)24-16-12-17(30-3)14-18(13-16)31-4)32-23-25-20-9-6-5-8-19(20)22(28)26(23)10-7-11-29-2/h5-6,8-9,12-15H,7,10-11H2,1-4H3,(H,24,27)/t15-/m0/s1. The number of carbonyl (C=O) groups excluding carboxylic acids is 1. The predicted octanol–water partition coefficient (Wildman–Crippen LogP) is 3.57. The SMILES string of the molecule is COCCCn1c(S[C@@H](C)C(=O)Nc2cc(OC)cc(OC)c2)nc2ccccc2c1=O. The molecule has 170 valence electrons. The minimum atomic E-state index is -0.506. The van der Waals surface area contributed by atoms with Crippen LogP contribution in [0.3, 0.4) is 0 Å². The Labute approximate surface area is 190 Å². The summed E-state index contributed by atoms with van der Waals surface area (Å²) in [5, 5.41) is 3.42. The molecule has 8 nitrogen and oxygen atoms in total. The molecule has 1 amide bonds. The first-order valence-corrected chi connectivity index (χ1v) is 11.0. The van der Waals surface area contributed by atoms with Gasteiger partial charge in [-0.05, 0) is 25.5 Å². The maximum atomic E-state index is 13.1. The lowest BCUT2D eigenvalue weighted by atomic mass is 10.2. The first-order chi connectivity index (χ1) is 15.5. The van der Waals surface area contributed by atoms with E-state index < -0.39 is 5.25 Å². The number of para-hydroxylation sites is 1. The maximum Gasteiger partial charge on any atom is 0.262 e. The lowest BCUT2D eigenvalue weighted by molar-refractivity contribution is -0.115. The van der Waals surface area contributed by atoms with E-state index in [9.17, 15) is 9.59 Å². The highest BCUT2D eigenvalue weighted by Crippen LogP contribution is 2.28. The van der Waals surface area contributed by atoms with Crippen molar-refractivity contribution in [3.05, 3.63) is 52.8 Å². The zero-order chi connectivity index (χ0) is 23.1. The Kier molecular flexibility index (Phi) is 8.13. The topological polar surface area (TPSA) is 91.7 Å². The second-order valence-electron chi connectivity index (χ2n) is 7.07. The Balaban J connectivity index is 1.85. The molecule has 2 aromatic carbocycles. The molecule has 0 aliphatic rings. The fraction of sp³-hybridized carbons (Fsp3) is 0.348. The highest BCUT2D eigenvalue weighted by Gasteiger charge is 2.20. The highest BCUT2D eigenvalue weighted by molar-refractivity contribution is 8.00. The van der Waals surface area contributed by atoms with E-state index in [1.165, 1.54) is 11.8 Å². The number of nitrogens with one attached hydrogen (secondary N) is 1. The van der Waals surface area contributed by atoms with Crippen molar-refractivity contribution in [2.45, 2.75) is 30.3 Å². The third-order valence-electron chi connectivity index (χ3n) is 4.83. The molecule has 1 N–H and O–H groups in total. The first-order valence-electron chi connectivity index (χ1n) is 10.2. The number of hydrogen-bond donors (Lipinski definition) is 1. The quantitative estimate of drug-likeness (QED) is 0.283. The summed E-state index contributed by atoms with van der Waals surface area (Å²) in [5.41, 5.74) is 1.04. The summed E-state index contributed by atoms with van der Waals surface area (Å²) in [5.74, 6) is 0.919. The number of anilines is 1. The predicted molar refractivity (Wildman–Crippen MR) is 126 cm³/mol. The van der Waals surface area contributed by atoms with E-state index in [0.717, 1.165) is 0 Å². The maximum absolute atomic E-state index is 13.1. The summed E-state index contributed by atoms with van der Waals surface area (Å²) in [4.78, 5) is 30.6. The summed E-state index contributed by atoms with van der Waals surface area (Å²) in [6.07, 6.45) is 0.661. The van der Waals surface area contributed by atoms with Crippen LogP contribution in [0.2, 0.25) is 0 Å². The molecule has 9 heteroatoms. The Hall–Kier alpha value is -3.04. The number of ether oxygens (including phenoxy) is 3. The van der Waals surface area contributed by atoms with Crippen molar-refractivity contribution in [3.8, 4) is 11.5 Å². The van der Waals surface area contributed by atoms with Gasteiger partial charge in [0.05, 0.1) is 30.4 Å². The van der Waals surface area contributed by atoms with Crippen molar-refractivity contribution in [1.29, 1.82) is 0 Å². The Bertz CT molecular complexity index is 1130. The number of thioether (sulfide) groups is 1. The molecule has 1 aromatic heterocycles. The molecule has 0 aliphatic carbocycles. The number of amides is 1. The van der Waals surface area contributed by atoms with E-state index in [-0.39, 0.29) is 11.5 Å². The molecule has 0 bridgehead atoms. The number of aromatic nitrogens is 2. The van der Waals surface area contributed by atoms with Crippen molar-refractivity contribution in [1.82, 2.24) is 9.55 Å². The Morgan fingerprint density at radius 2 is 1.81 bits per heavy atom. The number of benzene rings is 2. The van der Waals surface area contributed by atoms with Crippen LogP contribution in [0.1, 0.15) is 13.3 Å². The summed E-state index contributed by atoms with van der Waals surface area (Å²) < 4.78 is 17.3. The average Bonchev–Trinajstić information content (AvgIpc) is 2.80. The molecule has 3 aromatic rings. The number of carbonyl (C=O) groups is 1. The minimum absolute atomic E-state index is 0.126. The second-order valence-corrected chi connectivity index (χ2v) is 8.37. The van der Waals surface area contributed by atoms with Crippen LogP contribution in [0, 0.1) is 0 Å². The van der Waals surface area contributed by atoms with Crippen LogP contribution in [0.4, 0.5) is 5.69 Å². The molecule has 0 spiro atoms. The van der Waals surface area contributed by atoms with Crippen LogP contribution < -0.4 is 20.3 Å². The fourth-order valence-electron chi connectivity index (χ4n) is 3.14. The molecule has 1 heterocycles. The van der Waals surface area contributed by atoms with Gasteiger partial charge in [-0.3, -0.25) is 14.2 Å². The van der Waals surface area contributed by atoms with Crippen molar-refractivity contribution >= 4 is 34.3 Å². The van der Waals surface area contributed by atoms with Crippen molar-refractivity contribution < 1.29 is 19.0 Å². The van der Waals surface area contributed by atoms with Gasteiger partial charge in [0, 0.05) is 44.1 Å². The molecular weight excluding hydrogens is 430 g/mol. The first kappa shape index (κ1) is 23.6. The van der Waals surface area contributed by atoms with Crippen LogP contribution in [-0.4, -0.2) is 48.6 Å². The molecule has 0 saturated carbocycles. The van der Waals surface area contributed by atoms with Gasteiger partial charge in [0.1, 0.15) is 11.5 Å². The summed E-state index contributed by atoms with van der Waals surface area (Å²) >= 11 is 1.24. The van der Waals surface area contributed by atoms with Crippen LogP contribution in [0.5, 0.6) is 11.5 Å². The van der Waals surface area contributed by atoms with E-state index in [1.807, 2.05) is 12.1 Å². The van der Waals surface area contributed by atoms with Gasteiger partial charge in [-0.1, -0.05) is 23.9 Å². The van der Waals surface area contributed by atoms with Gasteiger partial charge >= 0.3 is 0 Å². The molecule has 0 aliphatic heterocycles. The lowest BCUT2D eigenvalue weighted by Crippen LogP contribution is -2.27. The van der Waals surface area contributed by atoms with Gasteiger partial charge in [-0.15, -0.1) is 0 Å².